The number of esters is 2. The Morgan fingerprint density at radius 3 is 1.83 bits per heavy atom. The zero-order valence-corrected chi connectivity index (χ0v) is 26.3. The van der Waals surface area contributed by atoms with Crippen molar-refractivity contribution in [3.63, 3.8) is 0 Å². The monoisotopic (exact) mass is 632 g/mol. The normalized spacial score (nSPS) is 18.6. The van der Waals surface area contributed by atoms with Crippen LogP contribution in [0.3, 0.4) is 0 Å². The van der Waals surface area contributed by atoms with Crippen LogP contribution in [0.1, 0.15) is 61.8 Å². The van der Waals surface area contributed by atoms with Gasteiger partial charge in [-0.05, 0) is 69.5 Å². The lowest BCUT2D eigenvalue weighted by Crippen LogP contribution is -2.44. The van der Waals surface area contributed by atoms with Gasteiger partial charge in [0.2, 0.25) is 0 Å². The molecule has 0 spiro atoms. The number of alkyl halides is 3. The highest BCUT2D eigenvalue weighted by Crippen LogP contribution is 2.45. The molecule has 5 rings (SSSR count). The van der Waals surface area contributed by atoms with Gasteiger partial charge >= 0.3 is 18.1 Å². The number of hydrogen-bond acceptors (Lipinski definition) is 6. The van der Waals surface area contributed by atoms with Gasteiger partial charge in [-0.3, -0.25) is 4.90 Å². The van der Waals surface area contributed by atoms with Gasteiger partial charge in [0.15, 0.2) is 0 Å². The van der Waals surface area contributed by atoms with E-state index >= 15 is 0 Å². The van der Waals surface area contributed by atoms with E-state index in [1.807, 2.05) is 12.1 Å². The summed E-state index contributed by atoms with van der Waals surface area (Å²) in [6.07, 6.45) is -2.94. The quantitative estimate of drug-likeness (QED) is 0.253. The second-order valence-corrected chi connectivity index (χ2v) is 11.7. The number of likely N-dealkylation sites (tertiary alicyclic amines) is 1. The Kier molecular flexibility index (Phi) is 10.0. The zero-order chi connectivity index (χ0) is 32.9. The van der Waals surface area contributed by atoms with Gasteiger partial charge < -0.3 is 14.8 Å². The van der Waals surface area contributed by atoms with Crippen LogP contribution in [-0.2, 0) is 30.7 Å². The predicted molar refractivity (Wildman–Crippen MR) is 170 cm³/mol. The first-order valence-corrected chi connectivity index (χ1v) is 15.6. The molecule has 242 valence electrons. The van der Waals surface area contributed by atoms with Gasteiger partial charge in [-0.15, -0.1) is 0 Å². The maximum Gasteiger partial charge on any atom is 0.416 e. The standard InChI is InChI=1S/C37H39F3N2O4/c1-4-45-34(43)31-25(2)41-26(3)32(33(31)29-17-11-12-18-30(29)37(38,39)40)35(44)46-24-23-42-21-19-36(20-22-42,27-13-7-5-8-14-27)28-15-9-6-10-16-28/h5-18,33,41H,4,19-24H2,1-3H3. The Labute approximate surface area is 267 Å². The molecule has 3 aromatic carbocycles. The first-order chi connectivity index (χ1) is 22.1. The number of nitrogens with zero attached hydrogens (tertiary/aromatic N) is 1. The van der Waals surface area contributed by atoms with Crippen LogP contribution >= 0.6 is 0 Å². The van der Waals surface area contributed by atoms with Gasteiger partial charge in [-0.2, -0.15) is 13.2 Å². The summed E-state index contributed by atoms with van der Waals surface area (Å²) in [6.45, 7) is 6.90. The van der Waals surface area contributed by atoms with Crippen molar-refractivity contribution in [3.8, 4) is 0 Å². The third-order valence-corrected chi connectivity index (χ3v) is 9.06. The first kappa shape index (κ1) is 33.0. The molecule has 1 fully saturated rings. The summed E-state index contributed by atoms with van der Waals surface area (Å²) in [7, 11) is 0. The largest absolute Gasteiger partial charge is 0.463 e. The van der Waals surface area contributed by atoms with Crippen LogP contribution in [0.5, 0.6) is 0 Å². The summed E-state index contributed by atoms with van der Waals surface area (Å²) in [5.74, 6) is -2.89. The molecular weight excluding hydrogens is 593 g/mol. The number of piperidine rings is 1. The summed E-state index contributed by atoms with van der Waals surface area (Å²) in [6, 6.07) is 26.0. The highest BCUT2D eigenvalue weighted by Gasteiger charge is 2.43. The lowest BCUT2D eigenvalue weighted by Gasteiger charge is -2.43. The number of carbonyl (C=O) groups excluding carboxylic acids is 2. The van der Waals surface area contributed by atoms with E-state index in [0.29, 0.717) is 17.9 Å². The van der Waals surface area contributed by atoms with E-state index in [4.69, 9.17) is 9.47 Å². The molecule has 0 aromatic heterocycles. The molecule has 2 aliphatic heterocycles. The Hall–Kier alpha value is -4.37. The molecule has 2 aliphatic rings. The van der Waals surface area contributed by atoms with E-state index in [2.05, 4.69) is 58.7 Å². The molecule has 46 heavy (non-hydrogen) atoms. The smallest absolute Gasteiger partial charge is 0.416 e. The number of ether oxygens (including phenoxy) is 2. The highest BCUT2D eigenvalue weighted by atomic mass is 19.4. The van der Waals surface area contributed by atoms with Crippen LogP contribution in [0.2, 0.25) is 0 Å². The summed E-state index contributed by atoms with van der Waals surface area (Å²) in [4.78, 5) is 29.1. The molecule has 0 radical (unpaired) electrons. The fraction of sp³-hybridized carbons (Fsp3) is 0.351. The molecule has 1 N–H and O–H groups in total. The van der Waals surface area contributed by atoms with Crippen LogP contribution in [-0.4, -0.2) is 49.7 Å². The predicted octanol–water partition coefficient (Wildman–Crippen LogP) is 7.13. The molecule has 0 bridgehead atoms. The Morgan fingerprint density at radius 2 is 1.30 bits per heavy atom. The fourth-order valence-electron chi connectivity index (χ4n) is 6.82. The van der Waals surface area contributed by atoms with E-state index in [9.17, 15) is 22.8 Å². The lowest BCUT2D eigenvalue weighted by molar-refractivity contribution is -0.142. The van der Waals surface area contributed by atoms with E-state index in [1.165, 1.54) is 29.3 Å². The average molecular weight is 633 g/mol. The number of nitrogens with one attached hydrogen (secondary N) is 1. The van der Waals surface area contributed by atoms with Gasteiger partial charge in [0.25, 0.3) is 0 Å². The average Bonchev–Trinajstić information content (AvgIpc) is 3.05. The van der Waals surface area contributed by atoms with Crippen molar-refractivity contribution < 1.29 is 32.2 Å². The van der Waals surface area contributed by atoms with Crippen molar-refractivity contribution in [1.82, 2.24) is 10.2 Å². The molecule has 6 nitrogen and oxygen atoms in total. The number of benzene rings is 3. The van der Waals surface area contributed by atoms with Crippen LogP contribution in [0.4, 0.5) is 13.2 Å². The molecular formula is C37H39F3N2O4. The van der Waals surface area contributed by atoms with Crippen molar-refractivity contribution >= 4 is 11.9 Å². The molecule has 2 heterocycles. The summed E-state index contributed by atoms with van der Waals surface area (Å²) in [5, 5.41) is 3.00. The van der Waals surface area contributed by atoms with Crippen molar-refractivity contribution in [3.05, 3.63) is 130 Å². The molecule has 9 heteroatoms. The van der Waals surface area contributed by atoms with Crippen molar-refractivity contribution in [2.24, 2.45) is 0 Å². The van der Waals surface area contributed by atoms with Gasteiger partial charge in [-0.1, -0.05) is 78.9 Å². The third-order valence-electron chi connectivity index (χ3n) is 9.06. The number of rotatable bonds is 9. The van der Waals surface area contributed by atoms with Crippen LogP contribution in [0.25, 0.3) is 0 Å². The third kappa shape index (κ3) is 6.75. The van der Waals surface area contributed by atoms with Gasteiger partial charge in [-0.25, -0.2) is 9.59 Å². The SMILES string of the molecule is CCOC(=O)C1=C(C)NC(C)=C(C(=O)OCCN2CCC(c3ccccc3)(c3ccccc3)CC2)C1c1ccccc1C(F)(F)F. The Balaban J connectivity index is 1.34. The molecule has 1 unspecified atom stereocenters. The minimum atomic E-state index is -4.71. The van der Waals surface area contributed by atoms with Gasteiger partial charge in [0, 0.05) is 23.4 Å². The second-order valence-electron chi connectivity index (χ2n) is 11.7. The molecule has 0 amide bonds. The van der Waals surface area contributed by atoms with Gasteiger partial charge in [0.05, 0.1) is 29.2 Å². The van der Waals surface area contributed by atoms with Gasteiger partial charge in [0.1, 0.15) is 6.61 Å². The zero-order valence-electron chi connectivity index (χ0n) is 26.3. The van der Waals surface area contributed by atoms with E-state index in [1.54, 1.807) is 20.8 Å². The fourth-order valence-corrected chi connectivity index (χ4v) is 6.82. The highest BCUT2D eigenvalue weighted by molar-refractivity contribution is 6.00. The van der Waals surface area contributed by atoms with Crippen LogP contribution < -0.4 is 5.32 Å². The summed E-state index contributed by atoms with van der Waals surface area (Å²) >= 11 is 0. The van der Waals surface area contributed by atoms with E-state index in [0.717, 1.165) is 32.0 Å². The minimum Gasteiger partial charge on any atom is -0.463 e. The number of hydrogen-bond donors (Lipinski definition) is 1. The maximum atomic E-state index is 14.2. The van der Waals surface area contributed by atoms with Crippen molar-refractivity contribution in [2.45, 2.75) is 51.1 Å². The summed E-state index contributed by atoms with van der Waals surface area (Å²) in [5.41, 5.74) is 1.83. The number of dihydropyridines is 1. The number of carbonyl (C=O) groups is 2. The molecule has 3 aromatic rings. The molecule has 0 aliphatic carbocycles. The minimum absolute atomic E-state index is 0.0252. The van der Waals surface area contributed by atoms with Crippen molar-refractivity contribution in [1.29, 1.82) is 0 Å². The molecule has 1 atom stereocenters. The number of allylic oxidation sites excluding steroid dienone is 2. The summed E-state index contributed by atoms with van der Waals surface area (Å²) < 4.78 is 53.6. The topological polar surface area (TPSA) is 67.9 Å². The lowest BCUT2D eigenvalue weighted by atomic mass is 9.68. The number of halogens is 3. The second kappa shape index (κ2) is 14.0. The Bertz CT molecular complexity index is 1570. The Morgan fingerprint density at radius 1 is 0.804 bits per heavy atom. The van der Waals surface area contributed by atoms with Crippen LogP contribution in [0.15, 0.2) is 107 Å². The van der Waals surface area contributed by atoms with E-state index in [-0.39, 0.29) is 35.3 Å². The van der Waals surface area contributed by atoms with E-state index < -0.39 is 29.6 Å². The van der Waals surface area contributed by atoms with Crippen molar-refractivity contribution in [2.75, 3.05) is 32.8 Å². The van der Waals surface area contributed by atoms with Crippen LogP contribution in [0, 0.1) is 0 Å². The molecule has 1 saturated heterocycles. The maximum absolute atomic E-state index is 14.2. The molecule has 0 saturated carbocycles. The first-order valence-electron chi connectivity index (χ1n) is 15.6.